The molecule has 88 valence electrons. The Morgan fingerprint density at radius 2 is 2.00 bits per heavy atom. The van der Waals surface area contributed by atoms with E-state index in [0.717, 1.165) is 0 Å². The third-order valence-electron chi connectivity index (χ3n) is 1.65. The Hall–Kier alpha value is -1.34. The maximum absolute atomic E-state index is 10.4. The normalized spacial score (nSPS) is 15.1. The summed E-state index contributed by atoms with van der Waals surface area (Å²) in [6, 6.07) is -0.349. The van der Waals surface area contributed by atoms with E-state index in [9.17, 15) is 9.59 Å². The number of carbonyl (C=O) groups is 2. The van der Waals surface area contributed by atoms with Crippen molar-refractivity contribution in [3.8, 4) is 0 Å². The Balaban J connectivity index is 0.000000288. The SMILES string of the molecule is CNCC(=O)O.NC(=O)N1CCOCC1. The molecule has 0 unspecified atom stereocenters. The molecule has 4 N–H and O–H groups in total. The lowest BCUT2D eigenvalue weighted by atomic mass is 10.4. The standard InChI is InChI=1S/C5H10N2O2.C3H7NO2/c6-5(8)7-1-3-9-4-2-7;1-4-2-3(5)6/h1-4H2,(H2,6,8);4H,2H2,1H3,(H,5,6). The van der Waals surface area contributed by atoms with E-state index in [0.29, 0.717) is 26.3 Å². The molecule has 1 aliphatic heterocycles. The fraction of sp³-hybridized carbons (Fsp3) is 0.750. The third-order valence-corrected chi connectivity index (χ3v) is 1.65. The van der Waals surface area contributed by atoms with Gasteiger partial charge in [0.05, 0.1) is 19.8 Å². The first-order valence-electron chi connectivity index (χ1n) is 4.56. The molecule has 1 saturated heterocycles. The minimum absolute atomic E-state index is 0.0417. The molecule has 1 rings (SSSR count). The maximum atomic E-state index is 10.4. The zero-order valence-corrected chi connectivity index (χ0v) is 8.73. The van der Waals surface area contributed by atoms with Crippen molar-refractivity contribution in [1.82, 2.24) is 10.2 Å². The monoisotopic (exact) mass is 219 g/mol. The first kappa shape index (κ1) is 13.7. The summed E-state index contributed by atoms with van der Waals surface area (Å²) in [5, 5.41) is 10.3. The molecule has 0 aromatic rings. The van der Waals surface area contributed by atoms with Gasteiger partial charge in [0.2, 0.25) is 0 Å². The first-order chi connectivity index (χ1) is 7.07. The Morgan fingerprint density at radius 3 is 2.20 bits per heavy atom. The van der Waals surface area contributed by atoms with Gasteiger partial charge in [-0.15, -0.1) is 0 Å². The smallest absolute Gasteiger partial charge is 0.317 e. The number of aliphatic carboxylic acids is 1. The summed E-state index contributed by atoms with van der Waals surface area (Å²) in [4.78, 5) is 21.6. The van der Waals surface area contributed by atoms with Crippen molar-refractivity contribution in [2.45, 2.75) is 0 Å². The largest absolute Gasteiger partial charge is 0.480 e. The van der Waals surface area contributed by atoms with Gasteiger partial charge in [0.25, 0.3) is 0 Å². The summed E-state index contributed by atoms with van der Waals surface area (Å²) < 4.78 is 5.00. The Labute approximate surface area is 88.2 Å². The van der Waals surface area contributed by atoms with Gasteiger partial charge in [-0.3, -0.25) is 4.79 Å². The zero-order valence-electron chi connectivity index (χ0n) is 8.73. The lowest BCUT2D eigenvalue weighted by Crippen LogP contribution is -2.43. The van der Waals surface area contributed by atoms with Gasteiger partial charge in [0.15, 0.2) is 0 Å². The van der Waals surface area contributed by atoms with E-state index in [1.165, 1.54) is 0 Å². The van der Waals surface area contributed by atoms with E-state index >= 15 is 0 Å². The highest BCUT2D eigenvalue weighted by Gasteiger charge is 2.12. The van der Waals surface area contributed by atoms with Crippen LogP contribution in [0.5, 0.6) is 0 Å². The van der Waals surface area contributed by atoms with Crippen LogP contribution in [0.2, 0.25) is 0 Å². The Morgan fingerprint density at radius 1 is 1.47 bits per heavy atom. The van der Waals surface area contributed by atoms with Gasteiger partial charge in [-0.25, -0.2) is 4.79 Å². The van der Waals surface area contributed by atoms with E-state index in [-0.39, 0.29) is 12.6 Å². The fourth-order valence-corrected chi connectivity index (χ4v) is 0.935. The number of ether oxygens (including phenoxy) is 1. The summed E-state index contributed by atoms with van der Waals surface area (Å²) >= 11 is 0. The second kappa shape index (κ2) is 8.01. The number of carboxylic acid groups (broad SMARTS) is 1. The molecule has 0 radical (unpaired) electrons. The quantitative estimate of drug-likeness (QED) is 0.534. The highest BCUT2D eigenvalue weighted by molar-refractivity contribution is 5.72. The molecule has 0 bridgehead atoms. The van der Waals surface area contributed by atoms with Gasteiger partial charge in [0, 0.05) is 13.1 Å². The van der Waals surface area contributed by atoms with E-state index in [1.54, 1.807) is 11.9 Å². The van der Waals surface area contributed by atoms with Crippen LogP contribution in [0.3, 0.4) is 0 Å². The third kappa shape index (κ3) is 7.71. The number of nitrogens with zero attached hydrogens (tertiary/aromatic N) is 1. The first-order valence-corrected chi connectivity index (χ1v) is 4.56. The Bertz CT molecular complexity index is 204. The van der Waals surface area contributed by atoms with Crippen molar-refractivity contribution < 1.29 is 19.4 Å². The minimum atomic E-state index is -0.822. The number of hydrogen-bond donors (Lipinski definition) is 3. The second-order valence-electron chi connectivity index (χ2n) is 2.86. The predicted octanol–water partition coefficient (Wildman–Crippen LogP) is -1.31. The molecular formula is C8H17N3O4. The van der Waals surface area contributed by atoms with Crippen molar-refractivity contribution in [1.29, 1.82) is 0 Å². The zero-order chi connectivity index (χ0) is 11.7. The number of carboxylic acids is 1. The van der Waals surface area contributed by atoms with Gasteiger partial charge < -0.3 is 25.8 Å². The summed E-state index contributed by atoms with van der Waals surface area (Å²) in [6.07, 6.45) is 0. The highest BCUT2D eigenvalue weighted by atomic mass is 16.5. The average Bonchev–Trinajstić information content (AvgIpc) is 2.20. The lowest BCUT2D eigenvalue weighted by molar-refractivity contribution is -0.135. The summed E-state index contributed by atoms with van der Waals surface area (Å²) in [6.45, 7) is 2.54. The predicted molar refractivity (Wildman–Crippen MR) is 53.5 cm³/mol. The molecule has 1 heterocycles. The lowest BCUT2D eigenvalue weighted by Gasteiger charge is -2.24. The van der Waals surface area contributed by atoms with Crippen LogP contribution in [-0.2, 0) is 9.53 Å². The molecule has 0 aliphatic carbocycles. The van der Waals surface area contributed by atoms with E-state index in [1.807, 2.05) is 0 Å². The summed E-state index contributed by atoms with van der Waals surface area (Å²) in [5.41, 5.74) is 5.00. The highest BCUT2D eigenvalue weighted by Crippen LogP contribution is 1.94. The minimum Gasteiger partial charge on any atom is -0.480 e. The van der Waals surface area contributed by atoms with Gasteiger partial charge in [-0.1, -0.05) is 0 Å². The van der Waals surface area contributed by atoms with Crippen LogP contribution in [-0.4, -0.2) is 61.9 Å². The maximum Gasteiger partial charge on any atom is 0.317 e. The van der Waals surface area contributed by atoms with E-state index in [2.05, 4.69) is 5.32 Å². The van der Waals surface area contributed by atoms with Gasteiger partial charge >= 0.3 is 12.0 Å². The molecule has 2 amide bonds. The number of nitrogens with two attached hydrogens (primary N) is 1. The van der Waals surface area contributed by atoms with Crippen molar-refractivity contribution >= 4 is 12.0 Å². The topological polar surface area (TPSA) is 105 Å². The van der Waals surface area contributed by atoms with Gasteiger partial charge in [-0.05, 0) is 7.05 Å². The average molecular weight is 219 g/mol. The van der Waals surface area contributed by atoms with Crippen molar-refractivity contribution in [3.05, 3.63) is 0 Å². The van der Waals surface area contributed by atoms with Crippen molar-refractivity contribution in [2.24, 2.45) is 5.73 Å². The van der Waals surface area contributed by atoms with Gasteiger partial charge in [-0.2, -0.15) is 0 Å². The number of amides is 2. The van der Waals surface area contributed by atoms with Crippen LogP contribution in [0.25, 0.3) is 0 Å². The summed E-state index contributed by atoms with van der Waals surface area (Å²) in [7, 11) is 1.59. The summed E-state index contributed by atoms with van der Waals surface area (Å²) in [5.74, 6) is -0.822. The molecule has 7 heteroatoms. The van der Waals surface area contributed by atoms with Crippen molar-refractivity contribution in [3.63, 3.8) is 0 Å². The van der Waals surface area contributed by atoms with Crippen LogP contribution >= 0.6 is 0 Å². The molecule has 0 aromatic carbocycles. The molecule has 0 spiro atoms. The number of hydrogen-bond acceptors (Lipinski definition) is 4. The van der Waals surface area contributed by atoms with Crippen LogP contribution in [0.15, 0.2) is 0 Å². The van der Waals surface area contributed by atoms with E-state index in [4.69, 9.17) is 15.6 Å². The molecular weight excluding hydrogens is 202 g/mol. The molecule has 1 aliphatic rings. The molecule has 7 nitrogen and oxygen atoms in total. The molecule has 15 heavy (non-hydrogen) atoms. The van der Waals surface area contributed by atoms with Crippen molar-refractivity contribution in [2.75, 3.05) is 39.9 Å². The number of carbonyl (C=O) groups excluding carboxylic acids is 1. The van der Waals surface area contributed by atoms with Crippen LogP contribution < -0.4 is 11.1 Å². The molecule has 1 fully saturated rings. The fourth-order valence-electron chi connectivity index (χ4n) is 0.935. The Kier molecular flexibility index (Phi) is 7.29. The molecule has 0 atom stereocenters. The van der Waals surface area contributed by atoms with Crippen LogP contribution in [0.1, 0.15) is 0 Å². The second-order valence-corrected chi connectivity index (χ2v) is 2.86. The molecule has 0 aromatic heterocycles. The van der Waals surface area contributed by atoms with Crippen LogP contribution in [0.4, 0.5) is 4.79 Å². The number of primary amides is 1. The number of likely N-dealkylation sites (N-methyl/N-ethyl adjacent to an activating group) is 1. The van der Waals surface area contributed by atoms with E-state index < -0.39 is 5.97 Å². The number of rotatable bonds is 2. The number of nitrogens with one attached hydrogen (secondary N) is 1. The van der Waals surface area contributed by atoms with Crippen LogP contribution in [0, 0.1) is 0 Å². The number of morpholine rings is 1. The molecule has 0 saturated carbocycles. The van der Waals surface area contributed by atoms with Gasteiger partial charge in [0.1, 0.15) is 0 Å². The number of urea groups is 1.